The smallest absolute Gasteiger partial charge is 1.00 e. The van der Waals surface area contributed by atoms with Gasteiger partial charge in [-0.2, -0.15) is 0 Å². The van der Waals surface area contributed by atoms with Crippen LogP contribution in [-0.4, -0.2) is 30.0 Å². The van der Waals surface area contributed by atoms with Crippen molar-refractivity contribution in [2.24, 2.45) is 0 Å². The Hall–Kier alpha value is 2.11. The van der Waals surface area contributed by atoms with Gasteiger partial charge in [0.15, 0.2) is 0 Å². The van der Waals surface area contributed by atoms with E-state index < -0.39 is 9.05 Å². The minimum Gasteiger partial charge on any atom is -1.00 e. The van der Waals surface area contributed by atoms with Gasteiger partial charge in [-0.05, 0) is 6.92 Å². The molecule has 0 atom stereocenters. The van der Waals surface area contributed by atoms with Crippen molar-refractivity contribution in [3.8, 4) is 0 Å². The zero-order chi connectivity index (χ0) is 5.91. The van der Waals surface area contributed by atoms with Gasteiger partial charge in [0.2, 0.25) is 0 Å². The molecule has 6 heteroatoms. The molecule has 0 unspecified atom stereocenters. The van der Waals surface area contributed by atoms with Crippen LogP contribution in [0.2, 0.25) is 0 Å². The minimum absolute atomic E-state index is 0. The summed E-state index contributed by atoms with van der Waals surface area (Å²) in [7, 11) is -4.16. The molecule has 0 amide bonds. The first kappa shape index (κ1) is 12.8. The predicted octanol–water partition coefficient (Wildman–Crippen LogP) is -4.45. The van der Waals surface area contributed by atoms with Crippen LogP contribution in [0.5, 0.6) is 0 Å². The van der Waals surface area contributed by atoms with Crippen LogP contribution in [0.3, 0.4) is 0 Å². The quantitative estimate of drug-likeness (QED) is 0.437. The van der Waals surface area contributed by atoms with Crippen molar-refractivity contribution in [1.29, 1.82) is 0 Å². The van der Waals surface area contributed by atoms with Crippen LogP contribution in [-0.2, 0) is 4.43 Å². The molecule has 0 aliphatic heterocycles. The maximum Gasteiger partial charge on any atom is 1.00 e. The van der Waals surface area contributed by atoms with Crippen LogP contribution in [0.1, 0.15) is 8.35 Å². The van der Waals surface area contributed by atoms with Crippen molar-refractivity contribution in [3.05, 3.63) is 0 Å². The molecular weight excluding hydrogens is 249 g/mol. The molecule has 0 fully saturated rings. The molecule has 0 bridgehead atoms. The van der Waals surface area contributed by atoms with Crippen LogP contribution in [0.25, 0.3) is 0 Å². The van der Waals surface area contributed by atoms with E-state index in [1.54, 1.807) is 6.92 Å². The van der Waals surface area contributed by atoms with Crippen LogP contribution >= 0.6 is 0 Å². The van der Waals surface area contributed by atoms with E-state index >= 15 is 0 Å². The zero-order valence-electron chi connectivity index (χ0n) is 5.96. The van der Waals surface area contributed by atoms with E-state index in [0.717, 1.165) is 0 Å². The molecule has 0 aromatic carbocycles. The summed E-state index contributed by atoms with van der Waals surface area (Å²) in [4.78, 5) is 24.1. The summed E-state index contributed by atoms with van der Waals surface area (Å²) in [6, 6.07) is 0. The SMILES string of the molecule is CCO[Si](O)(O)O.[Cs+].[H-]. The Morgan fingerprint density at radius 1 is 1.50 bits per heavy atom. The van der Waals surface area contributed by atoms with Gasteiger partial charge in [0, 0.05) is 6.61 Å². The number of hydrogen-bond acceptors (Lipinski definition) is 4. The van der Waals surface area contributed by atoms with Crippen LogP contribution < -0.4 is 68.9 Å². The van der Waals surface area contributed by atoms with Crippen molar-refractivity contribution in [3.63, 3.8) is 0 Å². The third-order valence-corrected chi connectivity index (χ3v) is 1.01. The fourth-order valence-corrected chi connectivity index (χ4v) is 0.581. The first-order chi connectivity index (χ1) is 3.06. The molecule has 0 aliphatic rings. The molecule has 0 aromatic heterocycles. The summed E-state index contributed by atoms with van der Waals surface area (Å²) >= 11 is 0. The van der Waals surface area contributed by atoms with E-state index in [1.165, 1.54) is 0 Å². The van der Waals surface area contributed by atoms with Gasteiger partial charge in [0.25, 0.3) is 0 Å². The molecule has 8 heavy (non-hydrogen) atoms. The summed E-state index contributed by atoms with van der Waals surface area (Å²) in [5.74, 6) is 0. The number of rotatable bonds is 2. The van der Waals surface area contributed by atoms with Gasteiger partial charge in [-0.1, -0.05) is 0 Å². The summed E-state index contributed by atoms with van der Waals surface area (Å²) in [6.45, 7) is 1.68. The third-order valence-electron chi connectivity index (χ3n) is 0.338. The number of hydrogen-bond donors (Lipinski definition) is 3. The van der Waals surface area contributed by atoms with Gasteiger partial charge in [-0.25, -0.2) is 0 Å². The summed E-state index contributed by atoms with van der Waals surface area (Å²) in [6.07, 6.45) is 0. The van der Waals surface area contributed by atoms with E-state index in [-0.39, 0.29) is 76.9 Å². The second-order valence-electron chi connectivity index (χ2n) is 1.01. The normalized spacial score (nSPS) is 10.5. The van der Waals surface area contributed by atoms with Crippen molar-refractivity contribution in [2.45, 2.75) is 6.92 Å². The topological polar surface area (TPSA) is 69.9 Å². The maximum absolute atomic E-state index is 8.05. The molecule has 0 heterocycles. The second kappa shape index (κ2) is 5.86. The largest absolute Gasteiger partial charge is 1.00 e. The molecule has 0 spiro atoms. The Balaban J connectivity index is -0.000000180. The van der Waals surface area contributed by atoms with Gasteiger partial charge in [-0.3, -0.25) is 0 Å². The Kier molecular flexibility index (Phi) is 9.35. The molecule has 0 saturated carbocycles. The Morgan fingerprint density at radius 3 is 1.88 bits per heavy atom. The Labute approximate surface area is 109 Å². The van der Waals surface area contributed by atoms with Gasteiger partial charge < -0.3 is 20.2 Å². The average molecular weight is 258 g/mol. The summed E-state index contributed by atoms with van der Waals surface area (Å²) in [5.41, 5.74) is 0. The predicted molar refractivity (Wildman–Crippen MR) is 25.1 cm³/mol. The summed E-state index contributed by atoms with van der Waals surface area (Å²) in [5, 5.41) is 0. The molecule has 0 saturated heterocycles. The minimum atomic E-state index is -4.16. The van der Waals surface area contributed by atoms with Gasteiger partial charge >= 0.3 is 77.9 Å². The molecule has 4 nitrogen and oxygen atoms in total. The first-order valence-corrected chi connectivity index (χ1v) is 3.62. The fourth-order valence-electron chi connectivity index (χ4n) is 0.194. The summed E-state index contributed by atoms with van der Waals surface area (Å²) < 4.78 is 4.03. The van der Waals surface area contributed by atoms with Crippen LogP contribution in [0.4, 0.5) is 0 Å². The van der Waals surface area contributed by atoms with E-state index in [2.05, 4.69) is 4.43 Å². The standard InChI is InChI=1S/C2H8O4Si.Cs.H/c1-2-6-7(3,4)5;;/h3-5H,2H2,1H3;;/q;+1;-1. The van der Waals surface area contributed by atoms with Gasteiger partial charge in [0.1, 0.15) is 0 Å². The molecule has 0 aromatic rings. The van der Waals surface area contributed by atoms with E-state index in [1.807, 2.05) is 0 Å². The monoisotopic (exact) mass is 258 g/mol. The van der Waals surface area contributed by atoms with E-state index in [9.17, 15) is 0 Å². The first-order valence-electron chi connectivity index (χ1n) is 1.87. The van der Waals surface area contributed by atoms with Crippen LogP contribution in [0.15, 0.2) is 0 Å². The van der Waals surface area contributed by atoms with Crippen molar-refractivity contribution in [2.75, 3.05) is 6.61 Å². The van der Waals surface area contributed by atoms with Crippen LogP contribution in [0, 0.1) is 0 Å². The molecule has 46 valence electrons. The van der Waals surface area contributed by atoms with Crippen molar-refractivity contribution in [1.82, 2.24) is 0 Å². The van der Waals surface area contributed by atoms with Crippen molar-refractivity contribution >= 4 is 9.05 Å². The molecule has 3 N–H and O–H groups in total. The molecule has 0 radical (unpaired) electrons. The zero-order valence-corrected chi connectivity index (χ0v) is 12.2. The third kappa shape index (κ3) is 11.0. The van der Waals surface area contributed by atoms with Crippen molar-refractivity contribution < 1.29 is 89.1 Å². The Morgan fingerprint density at radius 2 is 1.88 bits per heavy atom. The molecule has 0 rings (SSSR count). The Bertz CT molecular complexity index is 57.0. The molecule has 0 aliphatic carbocycles. The maximum atomic E-state index is 8.05. The van der Waals surface area contributed by atoms with E-state index in [0.29, 0.717) is 0 Å². The van der Waals surface area contributed by atoms with Gasteiger partial charge in [-0.15, -0.1) is 0 Å². The molecular formula is C2H9CsO4Si. The van der Waals surface area contributed by atoms with Gasteiger partial charge in [0.05, 0.1) is 0 Å². The fraction of sp³-hybridized carbons (Fsp3) is 1.00. The van der Waals surface area contributed by atoms with E-state index in [4.69, 9.17) is 14.4 Å². The second-order valence-corrected chi connectivity index (χ2v) is 2.44. The average Bonchev–Trinajstić information content (AvgIpc) is 1.30.